The lowest BCUT2D eigenvalue weighted by Crippen LogP contribution is -2.68. The van der Waals surface area contributed by atoms with E-state index in [1.165, 1.54) is 11.1 Å². The zero-order valence-electron chi connectivity index (χ0n) is 15.4. The topological polar surface area (TPSA) is 49.8 Å². The van der Waals surface area contributed by atoms with Gasteiger partial charge in [-0.1, -0.05) is 29.8 Å². The highest BCUT2D eigenvalue weighted by molar-refractivity contribution is 5.99. The summed E-state index contributed by atoms with van der Waals surface area (Å²) < 4.78 is 6.46. The van der Waals surface area contributed by atoms with Gasteiger partial charge in [0.25, 0.3) is 0 Å². The molecule has 5 aliphatic heterocycles. The van der Waals surface area contributed by atoms with E-state index in [4.69, 9.17) is 4.74 Å². The number of piperidine rings is 1. The molecule has 1 aliphatic carbocycles. The van der Waals surface area contributed by atoms with Gasteiger partial charge in [0.05, 0.1) is 30.6 Å². The predicted molar refractivity (Wildman–Crippen MR) is 98.2 cm³/mol. The minimum Gasteiger partial charge on any atom is -0.373 e. The molecule has 7 atom stereocenters. The molecular weight excluding hydrogens is 340 g/mol. The molecule has 140 valence electrons. The first-order chi connectivity index (χ1) is 13.1. The molecule has 27 heavy (non-hydrogen) atoms. The van der Waals surface area contributed by atoms with E-state index in [-0.39, 0.29) is 34.2 Å². The Kier molecular flexibility index (Phi) is 2.63. The number of amides is 1. The molecule has 1 unspecified atom stereocenters. The minimum atomic E-state index is -0.121. The van der Waals surface area contributed by atoms with Gasteiger partial charge in [0, 0.05) is 30.9 Å². The van der Waals surface area contributed by atoms with Gasteiger partial charge in [-0.05, 0) is 17.5 Å². The number of anilines is 1. The summed E-state index contributed by atoms with van der Waals surface area (Å²) in [6.07, 6.45) is 5.73. The molecule has 5 heterocycles. The molecule has 4 fully saturated rings. The maximum atomic E-state index is 13.3. The predicted octanol–water partition coefficient (Wildman–Crippen LogP) is 2.39. The highest BCUT2D eigenvalue weighted by Gasteiger charge is 2.75. The molecule has 6 aliphatic rings. The number of hydroxylamine groups is 3. The molecule has 5 nitrogen and oxygen atoms in total. The third-order valence-corrected chi connectivity index (χ3v) is 8.86. The van der Waals surface area contributed by atoms with Gasteiger partial charge in [-0.2, -0.15) is 4.65 Å². The van der Waals surface area contributed by atoms with E-state index in [2.05, 4.69) is 35.2 Å². The molecule has 7 rings (SSSR count). The summed E-state index contributed by atoms with van der Waals surface area (Å²) >= 11 is 0. The third kappa shape index (κ3) is 1.55. The number of fused-ring (bicyclic) bond motifs is 2. The third-order valence-electron chi connectivity index (χ3n) is 8.86. The Morgan fingerprint density at radius 2 is 2.15 bits per heavy atom. The van der Waals surface area contributed by atoms with Crippen molar-refractivity contribution >= 4 is 11.6 Å². The van der Waals surface area contributed by atoms with Gasteiger partial charge in [-0.3, -0.25) is 4.79 Å². The molecule has 1 spiro atoms. The van der Waals surface area contributed by atoms with Crippen molar-refractivity contribution in [3.8, 4) is 0 Å². The van der Waals surface area contributed by atoms with Crippen LogP contribution in [-0.4, -0.2) is 53.6 Å². The van der Waals surface area contributed by atoms with Crippen LogP contribution in [0.5, 0.6) is 0 Å². The van der Waals surface area contributed by atoms with Gasteiger partial charge in [0.15, 0.2) is 0 Å². The van der Waals surface area contributed by atoms with Gasteiger partial charge in [0.1, 0.15) is 19.1 Å². The van der Waals surface area contributed by atoms with Crippen LogP contribution in [-0.2, 0) is 14.9 Å². The van der Waals surface area contributed by atoms with E-state index in [0.29, 0.717) is 24.9 Å². The molecule has 1 saturated carbocycles. The molecule has 5 heteroatoms. The maximum Gasteiger partial charge on any atom is 0.229 e. The van der Waals surface area contributed by atoms with Gasteiger partial charge in [-0.15, -0.1) is 0 Å². The molecule has 0 aromatic heterocycles. The summed E-state index contributed by atoms with van der Waals surface area (Å²) in [6.45, 7) is 2.22. The van der Waals surface area contributed by atoms with Crippen LogP contribution in [0.25, 0.3) is 0 Å². The second-order valence-electron chi connectivity index (χ2n) is 9.49. The van der Waals surface area contributed by atoms with Crippen molar-refractivity contribution in [1.29, 1.82) is 0 Å². The second-order valence-corrected chi connectivity index (χ2v) is 9.49. The van der Waals surface area contributed by atoms with Crippen molar-refractivity contribution in [1.82, 2.24) is 0 Å². The Labute approximate surface area is 158 Å². The molecule has 1 aromatic carbocycles. The fourth-order valence-corrected chi connectivity index (χ4v) is 7.98. The van der Waals surface area contributed by atoms with Crippen molar-refractivity contribution in [3.05, 3.63) is 41.5 Å². The summed E-state index contributed by atoms with van der Waals surface area (Å²) in [4.78, 5) is 15.4. The number of para-hydroxylation sites is 1. The number of carbonyl (C=O) groups excluding carboxylic acids is 1. The van der Waals surface area contributed by atoms with E-state index in [0.717, 1.165) is 38.0 Å². The molecular formula is C22H25N2O3+. The van der Waals surface area contributed by atoms with E-state index in [9.17, 15) is 10.0 Å². The number of ether oxygens (including phenoxy) is 1. The van der Waals surface area contributed by atoms with Gasteiger partial charge in [0.2, 0.25) is 5.91 Å². The fourth-order valence-electron chi connectivity index (χ4n) is 7.98. The highest BCUT2D eigenvalue weighted by Crippen LogP contribution is 2.66. The first-order valence-electron chi connectivity index (χ1n) is 10.5. The summed E-state index contributed by atoms with van der Waals surface area (Å²) in [6, 6.07) is 8.83. The number of nitrogens with zero attached hydrogens (tertiary/aromatic N) is 2. The van der Waals surface area contributed by atoms with Crippen molar-refractivity contribution in [3.63, 3.8) is 0 Å². The summed E-state index contributed by atoms with van der Waals surface area (Å²) in [5, 5.41) is 11.7. The van der Waals surface area contributed by atoms with Gasteiger partial charge < -0.3 is 9.64 Å². The van der Waals surface area contributed by atoms with Crippen LogP contribution in [0, 0.1) is 11.8 Å². The normalized spacial score (nSPS) is 48.6. The molecule has 0 radical (unpaired) electrons. The molecule has 2 bridgehead atoms. The Balaban J connectivity index is 1.56. The summed E-state index contributed by atoms with van der Waals surface area (Å²) in [7, 11) is 0. The first-order valence-corrected chi connectivity index (χ1v) is 10.5. The second kappa shape index (κ2) is 4.65. The van der Waals surface area contributed by atoms with Crippen LogP contribution >= 0.6 is 0 Å². The largest absolute Gasteiger partial charge is 0.373 e. The zero-order chi connectivity index (χ0) is 18.0. The SMILES string of the molecule is O=C1C[C@@H]2OCC=C3CC[N+]4(O)CC[C@]56c7ccccc7N1[C@H]5[C@H]2[C@H]3C[C@@H]64. The molecule has 3 saturated heterocycles. The van der Waals surface area contributed by atoms with E-state index in [1.807, 2.05) is 0 Å². The van der Waals surface area contributed by atoms with Gasteiger partial charge >= 0.3 is 0 Å². The lowest BCUT2D eigenvalue weighted by molar-refractivity contribution is -1.11. The monoisotopic (exact) mass is 365 g/mol. The minimum absolute atomic E-state index is 0.0175. The standard InChI is InChI=1S/C22H25N2O3/c25-19-12-17-20-14-11-18-22(15-3-1-2-4-16(15)23(19)21(20)22)7-9-24(18,26)8-5-13(14)6-10-27-17/h1-4,6,14,17-18,20-21,26H,5,7-12H2/q+1/t14-,17-,18-,20-,21-,22+,24?/m0/s1. The van der Waals surface area contributed by atoms with Crippen molar-refractivity contribution in [2.45, 2.75) is 49.3 Å². The number of hydrogen-bond donors (Lipinski definition) is 1. The Morgan fingerprint density at radius 1 is 1.26 bits per heavy atom. The highest BCUT2D eigenvalue weighted by atomic mass is 16.5. The molecule has 1 amide bonds. The number of hydrogen-bond acceptors (Lipinski definition) is 3. The number of benzene rings is 1. The lowest BCUT2D eigenvalue weighted by Gasteiger charge is -2.54. The number of carbonyl (C=O) groups is 1. The number of quaternary nitrogens is 1. The fraction of sp³-hybridized carbons (Fsp3) is 0.591. The quantitative estimate of drug-likeness (QED) is 0.567. The van der Waals surface area contributed by atoms with Crippen LogP contribution < -0.4 is 4.90 Å². The van der Waals surface area contributed by atoms with E-state index >= 15 is 0 Å². The zero-order valence-corrected chi connectivity index (χ0v) is 15.4. The first kappa shape index (κ1) is 15.3. The van der Waals surface area contributed by atoms with Crippen LogP contribution in [0.3, 0.4) is 0 Å². The van der Waals surface area contributed by atoms with Crippen LogP contribution in [0.4, 0.5) is 5.69 Å². The molecule has 1 aromatic rings. The Bertz CT molecular complexity index is 913. The maximum absolute atomic E-state index is 13.3. The summed E-state index contributed by atoms with van der Waals surface area (Å²) in [5.41, 5.74) is 3.75. The van der Waals surface area contributed by atoms with Crippen molar-refractivity contribution < 1.29 is 19.4 Å². The Morgan fingerprint density at radius 3 is 3.07 bits per heavy atom. The lowest BCUT2D eigenvalue weighted by atomic mass is 9.55. The number of rotatable bonds is 0. The molecule has 1 N–H and O–H groups in total. The van der Waals surface area contributed by atoms with Crippen LogP contribution in [0.1, 0.15) is 31.2 Å². The van der Waals surface area contributed by atoms with Crippen LogP contribution in [0.2, 0.25) is 0 Å². The van der Waals surface area contributed by atoms with E-state index in [1.54, 1.807) is 0 Å². The van der Waals surface area contributed by atoms with Crippen molar-refractivity contribution in [2.75, 3.05) is 24.6 Å². The smallest absolute Gasteiger partial charge is 0.229 e. The van der Waals surface area contributed by atoms with E-state index < -0.39 is 0 Å². The van der Waals surface area contributed by atoms with Crippen LogP contribution in [0.15, 0.2) is 35.9 Å². The Hall–Kier alpha value is -1.69. The van der Waals surface area contributed by atoms with Gasteiger partial charge in [-0.25, -0.2) is 5.21 Å². The average Bonchev–Trinajstić information content (AvgIpc) is 3.02. The summed E-state index contributed by atoms with van der Waals surface area (Å²) in [5.74, 6) is 0.996. The average molecular weight is 365 g/mol. The van der Waals surface area contributed by atoms with Crippen molar-refractivity contribution in [2.24, 2.45) is 11.8 Å².